The number of esters is 1. The second-order valence-electron chi connectivity index (χ2n) is 26.8. The number of hydrogen-bond acceptors (Lipinski definition) is 20. The van der Waals surface area contributed by atoms with Gasteiger partial charge in [-0.25, -0.2) is 66.9 Å². The lowest BCUT2D eigenvalue weighted by Crippen LogP contribution is -2.51. The smallest absolute Gasteiger partial charge is 0.345 e. The highest BCUT2D eigenvalue weighted by atomic mass is 19.2. The zero-order valence-electron chi connectivity index (χ0n) is 66.2. The topological polar surface area (TPSA) is 593 Å². The molecule has 39 nitrogen and oxygen atoms in total. The van der Waals surface area contributed by atoms with Crippen molar-refractivity contribution in [1.82, 2.24) is 71.4 Å². The van der Waals surface area contributed by atoms with Crippen LogP contribution in [0, 0.1) is 36.3 Å². The van der Waals surface area contributed by atoms with E-state index in [4.69, 9.17) is 30.6 Å². The Morgan fingerprint density at radius 1 is 0.453 bits per heavy atom. The Morgan fingerprint density at radius 3 is 1.07 bits per heavy atom. The lowest BCUT2D eigenvalue weighted by atomic mass is 10.1. The molecule has 6 atom stereocenters. The van der Waals surface area contributed by atoms with Gasteiger partial charge < -0.3 is 103 Å². The largest absolute Gasteiger partial charge is 0.481 e. The molecule has 0 bridgehead atoms. The molecule has 0 radical (unpaired) electrons. The van der Waals surface area contributed by atoms with E-state index in [1.54, 1.807) is 12.1 Å². The Bertz CT molecular complexity index is 3900. The van der Waals surface area contributed by atoms with Crippen LogP contribution < -0.4 is 62.0 Å². The van der Waals surface area contributed by atoms with Crippen LogP contribution in [0.3, 0.4) is 0 Å². The third-order valence-electron chi connectivity index (χ3n) is 16.1. The van der Waals surface area contributed by atoms with Gasteiger partial charge in [0, 0.05) is 83.2 Å². The average Bonchev–Trinajstić information content (AvgIpc) is 0.812. The van der Waals surface area contributed by atoms with Crippen LogP contribution in [-0.4, -0.2) is 261 Å². The van der Waals surface area contributed by atoms with Crippen LogP contribution in [0.1, 0.15) is 155 Å². The number of ketones is 1. The van der Waals surface area contributed by atoms with Crippen molar-refractivity contribution >= 4 is 101 Å². The molecule has 117 heavy (non-hydrogen) atoms. The number of carboxylic acid groups (broad SMARTS) is 8. The highest BCUT2D eigenvalue weighted by molar-refractivity contribution is 5.95. The van der Waals surface area contributed by atoms with Gasteiger partial charge in [0.2, 0.25) is 29.1 Å². The van der Waals surface area contributed by atoms with Crippen LogP contribution in [0.4, 0.5) is 48.0 Å². The molecule has 19 N–H and O–H groups in total. The molecule has 4 aromatic rings. The molecule has 650 valence electrons. The fourth-order valence-electron chi connectivity index (χ4n) is 9.38. The molecule has 1 aromatic carbocycles. The summed E-state index contributed by atoms with van der Waals surface area (Å²) in [6.45, 7) is 12.5. The van der Waals surface area contributed by atoms with E-state index in [-0.39, 0.29) is 85.6 Å². The van der Waals surface area contributed by atoms with E-state index < -0.39 is 168 Å². The summed E-state index contributed by atoms with van der Waals surface area (Å²) < 4.78 is 70.9. The molecular formula is C73H106F5N15O24+2. The Hall–Kier alpha value is -12.2. The predicted octanol–water partition coefficient (Wildman–Crippen LogP) is 3.98. The van der Waals surface area contributed by atoms with E-state index in [1.165, 1.54) is 51.0 Å². The van der Waals surface area contributed by atoms with Crippen molar-refractivity contribution in [1.29, 1.82) is 0 Å². The molecule has 0 fully saturated rings. The maximum absolute atomic E-state index is 13.5. The highest BCUT2D eigenvalue weighted by Crippen LogP contribution is 2.28. The number of pyridine rings is 3. The van der Waals surface area contributed by atoms with Crippen molar-refractivity contribution < 1.29 is 145 Å². The number of unbranched alkanes of at least 4 members (excludes halogenated alkanes) is 3. The number of carbonyl (C=O) groups is 15. The molecule has 44 heteroatoms. The second-order valence-corrected chi connectivity index (χ2v) is 26.8. The molecule has 4 rings (SSSR count). The van der Waals surface area contributed by atoms with Crippen LogP contribution >= 0.6 is 0 Å². The SMILES string of the molecule is CC(=O)C(CCC(=O)O)NC(=O)NC(CCCCNC(=O)c1ccc([18F])nc1)C(=O)O.CCN(CC)CC.C[N+](C)(C)c1ccc(C(=O)Oc2c(F)c(F)cc(F)c2F)cn1.[CH2-][N+](C)(C)c1ccc(C(=O)NCCCCC(NC(=O)NC(CCC(=O)O)C(=O)O)C(=O)O)cn1.[NH3+]CCCCC(NC(=O)NC(CCC(=O)O)C(=O)O)C(=O)O. The first kappa shape index (κ1) is 105. The minimum atomic E-state index is -1.78. The van der Waals surface area contributed by atoms with E-state index in [9.17, 15) is 104 Å². The number of halogens is 5. The van der Waals surface area contributed by atoms with E-state index in [2.05, 4.69) is 101 Å². The summed E-state index contributed by atoms with van der Waals surface area (Å²) in [5.41, 5.74) is 4.06. The van der Waals surface area contributed by atoms with Crippen LogP contribution in [-0.2, 0) is 43.2 Å². The number of ether oxygens (including phenoxy) is 1. The number of quaternary nitrogens is 3. The maximum atomic E-state index is 13.5. The van der Waals surface area contributed by atoms with Crippen LogP contribution in [0.25, 0.3) is 0 Å². The van der Waals surface area contributed by atoms with Gasteiger partial charge in [0.25, 0.3) is 11.8 Å². The normalized spacial score (nSPS) is 12.3. The number of aromatic nitrogens is 3. The van der Waals surface area contributed by atoms with Gasteiger partial charge in [-0.3, -0.25) is 33.3 Å². The number of Topliss-reactive ketones (excluding diaryl/α,β-unsaturated/α-hetero) is 1. The van der Waals surface area contributed by atoms with E-state index in [0.29, 0.717) is 66.8 Å². The number of aliphatic carboxylic acids is 8. The summed E-state index contributed by atoms with van der Waals surface area (Å²) >= 11 is 0. The number of carbonyl (C=O) groups excluding carboxylic acids is 7. The molecule has 8 amide bonds. The average molecular weight is 1670 g/mol. The lowest BCUT2D eigenvalue weighted by molar-refractivity contribution is -0.368. The molecule has 3 aromatic heterocycles. The summed E-state index contributed by atoms with van der Waals surface area (Å²) in [5, 5.41) is 89.6. The maximum Gasteiger partial charge on any atom is 0.345 e. The van der Waals surface area contributed by atoms with Gasteiger partial charge in [-0.1, -0.05) is 20.8 Å². The Morgan fingerprint density at radius 2 is 0.778 bits per heavy atom. The van der Waals surface area contributed by atoms with Gasteiger partial charge in [0.05, 0.1) is 50.4 Å². The monoisotopic (exact) mass is 1670 g/mol. The predicted molar refractivity (Wildman–Crippen MR) is 407 cm³/mol. The fourth-order valence-corrected chi connectivity index (χ4v) is 9.38. The molecule has 0 aliphatic rings. The summed E-state index contributed by atoms with van der Waals surface area (Å²) in [6.07, 6.45) is 4.84. The zero-order chi connectivity index (χ0) is 89.5. The van der Waals surface area contributed by atoms with Gasteiger partial charge in [0.1, 0.15) is 30.2 Å². The van der Waals surface area contributed by atoms with Crippen molar-refractivity contribution in [2.24, 2.45) is 0 Å². The Balaban J connectivity index is 0.00000151. The summed E-state index contributed by atoms with van der Waals surface area (Å²) in [4.78, 5) is 185. The van der Waals surface area contributed by atoms with E-state index >= 15 is 0 Å². The zero-order valence-corrected chi connectivity index (χ0v) is 66.2. The quantitative estimate of drug-likeness (QED) is 0.00435. The van der Waals surface area contributed by atoms with Gasteiger partial charge >= 0.3 is 71.8 Å². The summed E-state index contributed by atoms with van der Waals surface area (Å²) in [6, 6.07) is -1.89. The van der Waals surface area contributed by atoms with Gasteiger partial charge in [-0.05, 0) is 128 Å². The molecule has 3 heterocycles. The fraction of sp³-hybridized carbons (Fsp3) is 0.493. The standard InChI is InChI=1S/C21H31N5O8.C19H25FN4O7.C15H13F4N2O2.C12H21N3O7.C6H15N/c1-26(2,3)16-9-7-13(12-23-16)18(29)22-11-5-4-6-14(19(30)31)24-21(34)25-15(20(32)33)8-10-17(27)28;1-11(25)13(6-8-16(26)27)23-19(31)24-14(18(29)30)4-2-3-9-21-17(28)12-5-7-15(20)22-10-12;1-21(2,3)11-5-4-8(7-20-11)15(22)23-14-12(18)9(16)6-10(17)13(14)19;13-6-2-1-3-7(10(18)19)14-12(22)15-8(11(20)21)4-5-9(16)17;1-4-7(5-2)6-3/h7,9,12,14-15H,1,4-6,8,10-11H2,2-3H3,(H,22,29)(H,27,28)(H,30,31)(H,32,33)(H2,24,25,34);5,7,10,13-14H,2-4,6,8-9H2,1H3,(H,21,28)(H,26,27)(H,29,30)(H2,23,24,31);4-7H,1-3H3;7-8H,1-6,13H2,(H,16,17)(H,18,19)(H,20,21)(H2,14,15,22);4-6H2,1-3H3/q;;+1;;/p+1/i;20-1;;;. The van der Waals surface area contributed by atoms with Gasteiger partial charge in [-0.15, -0.1) is 7.05 Å². The van der Waals surface area contributed by atoms with Crippen LogP contribution in [0.15, 0.2) is 61.1 Å². The molecule has 6 unspecified atom stereocenters. The number of urea groups is 3. The number of hydrogen-bond donors (Lipinski definition) is 17. The molecule has 0 aliphatic heterocycles. The van der Waals surface area contributed by atoms with Crippen molar-refractivity contribution in [3.05, 3.63) is 114 Å². The molecule has 0 saturated heterocycles. The summed E-state index contributed by atoms with van der Waals surface area (Å²) in [7, 11) is 13.1. The van der Waals surface area contributed by atoms with Gasteiger partial charge in [0.15, 0.2) is 23.2 Å². The minimum absolute atomic E-state index is 0.0274. The number of carboxylic acids is 8. The Kier molecular flexibility index (Phi) is 48.9. The lowest BCUT2D eigenvalue weighted by Gasteiger charge is -2.30. The van der Waals surface area contributed by atoms with Crippen molar-refractivity contribution in [3.8, 4) is 5.75 Å². The third-order valence-corrected chi connectivity index (χ3v) is 16.1. The second kappa shape index (κ2) is 54.6. The number of benzene rings is 1. The van der Waals surface area contributed by atoms with Crippen LogP contribution in [0.2, 0.25) is 0 Å². The first-order valence-corrected chi connectivity index (χ1v) is 36.3. The van der Waals surface area contributed by atoms with Crippen LogP contribution in [0.5, 0.6) is 5.75 Å². The van der Waals surface area contributed by atoms with Crippen molar-refractivity contribution in [2.75, 3.05) is 74.5 Å². The van der Waals surface area contributed by atoms with Crippen molar-refractivity contribution in [3.63, 3.8) is 0 Å². The number of nitrogens with zero attached hydrogens (tertiary/aromatic N) is 6. The first-order valence-electron chi connectivity index (χ1n) is 36.3. The Labute approximate surface area is 669 Å². The third kappa shape index (κ3) is 44.3. The number of amides is 8. The van der Waals surface area contributed by atoms with Crippen molar-refractivity contribution in [2.45, 2.75) is 160 Å². The van der Waals surface area contributed by atoms with E-state index in [1.807, 2.05) is 35.2 Å². The first-order chi connectivity index (χ1) is 54.6. The molecule has 0 saturated carbocycles. The molecule has 0 aliphatic carbocycles. The number of rotatable bonds is 44. The summed E-state index contributed by atoms with van der Waals surface area (Å²) in [5.74, 6) is -20.3. The highest BCUT2D eigenvalue weighted by Gasteiger charge is 2.30. The van der Waals surface area contributed by atoms with Gasteiger partial charge in [-0.2, -0.15) is 13.2 Å². The molecular weight excluding hydrogens is 1560 g/mol. The minimum Gasteiger partial charge on any atom is -0.481 e. The number of nitrogens with one attached hydrogen (secondary N) is 8. The molecule has 0 spiro atoms. The van der Waals surface area contributed by atoms with E-state index in [0.717, 1.165) is 18.5 Å².